The fourth-order valence-electron chi connectivity index (χ4n) is 2.99. The number of rotatable bonds is 9. The zero-order chi connectivity index (χ0) is 17.5. The Balaban J connectivity index is 2.14. The monoisotopic (exact) mass is 345 g/mol. The highest BCUT2D eigenvalue weighted by Crippen LogP contribution is 2.36. The van der Waals surface area contributed by atoms with Crippen LogP contribution < -0.4 is 0 Å². The highest BCUT2D eigenvalue weighted by atomic mass is 28.4. The van der Waals surface area contributed by atoms with E-state index in [1.807, 2.05) is 0 Å². The Hall–Kier alpha value is 0.0569. The molecule has 23 heavy (non-hydrogen) atoms. The molecule has 0 aromatic heterocycles. The van der Waals surface area contributed by atoms with Crippen molar-refractivity contribution in [2.45, 2.75) is 64.6 Å². The van der Waals surface area contributed by atoms with Crippen molar-refractivity contribution >= 4 is 8.32 Å². The summed E-state index contributed by atoms with van der Waals surface area (Å²) in [5, 5.41) is 18.9. The summed E-state index contributed by atoms with van der Waals surface area (Å²) in [6.07, 6.45) is 4.55. The first-order valence-corrected chi connectivity index (χ1v) is 12.2. The third kappa shape index (κ3) is 6.82. The van der Waals surface area contributed by atoms with Crippen LogP contribution >= 0.6 is 0 Å². The van der Waals surface area contributed by atoms with Crippen LogP contribution in [0, 0.1) is 11.8 Å². The summed E-state index contributed by atoms with van der Waals surface area (Å²) >= 11 is 0. The van der Waals surface area contributed by atoms with Gasteiger partial charge in [0.1, 0.15) is 0 Å². The van der Waals surface area contributed by atoms with Crippen LogP contribution in [0.5, 0.6) is 0 Å². The van der Waals surface area contributed by atoms with Gasteiger partial charge in [-0.3, -0.25) is 0 Å². The first kappa shape index (κ1) is 21.1. The normalized spacial score (nSPS) is 18.8. The van der Waals surface area contributed by atoms with Gasteiger partial charge in [-0.25, -0.2) is 0 Å². The maximum absolute atomic E-state index is 9.28. The van der Waals surface area contributed by atoms with Crippen LogP contribution in [0.4, 0.5) is 0 Å². The first-order valence-electron chi connectivity index (χ1n) is 9.29. The predicted molar refractivity (Wildman–Crippen MR) is 99.2 cm³/mol. The van der Waals surface area contributed by atoms with E-state index in [1.54, 1.807) is 0 Å². The van der Waals surface area contributed by atoms with Gasteiger partial charge < -0.3 is 19.5 Å². The molecule has 4 nitrogen and oxygen atoms in total. The number of nitrogens with zero attached hydrogens (tertiary/aromatic N) is 1. The molecule has 0 saturated carbocycles. The summed E-state index contributed by atoms with van der Waals surface area (Å²) in [7, 11) is -1.59. The molecule has 0 amide bonds. The number of aliphatic hydroxyl groups excluding tert-OH is 2. The van der Waals surface area contributed by atoms with Crippen LogP contribution in [0.2, 0.25) is 18.1 Å². The Bertz CT molecular complexity index is 319. The van der Waals surface area contributed by atoms with Gasteiger partial charge in [0, 0.05) is 25.7 Å². The zero-order valence-electron chi connectivity index (χ0n) is 16.0. The fraction of sp³-hybridized carbons (Fsp3) is 1.00. The van der Waals surface area contributed by atoms with Gasteiger partial charge in [-0.05, 0) is 69.4 Å². The lowest BCUT2D eigenvalue weighted by atomic mass is 9.85. The van der Waals surface area contributed by atoms with Crippen molar-refractivity contribution in [2.24, 2.45) is 11.8 Å². The van der Waals surface area contributed by atoms with Gasteiger partial charge in [-0.15, -0.1) is 0 Å². The molecular weight excluding hydrogens is 306 g/mol. The van der Waals surface area contributed by atoms with Gasteiger partial charge in [0.05, 0.1) is 0 Å². The molecule has 1 fully saturated rings. The summed E-state index contributed by atoms with van der Waals surface area (Å²) in [5.74, 6) is 0.568. The molecule has 2 N–H and O–H groups in total. The molecule has 0 bridgehead atoms. The molecule has 0 aliphatic carbocycles. The van der Waals surface area contributed by atoms with Crippen molar-refractivity contribution in [1.29, 1.82) is 0 Å². The van der Waals surface area contributed by atoms with E-state index in [9.17, 15) is 10.2 Å². The van der Waals surface area contributed by atoms with E-state index < -0.39 is 8.32 Å². The maximum atomic E-state index is 9.28. The van der Waals surface area contributed by atoms with Gasteiger partial charge >= 0.3 is 0 Å². The molecule has 1 saturated heterocycles. The lowest BCUT2D eigenvalue weighted by Crippen LogP contribution is -2.41. The molecule has 0 spiro atoms. The zero-order valence-corrected chi connectivity index (χ0v) is 17.0. The Kier molecular flexibility index (Phi) is 8.73. The van der Waals surface area contributed by atoms with E-state index >= 15 is 0 Å². The minimum atomic E-state index is -1.59. The van der Waals surface area contributed by atoms with Crippen molar-refractivity contribution in [1.82, 2.24) is 4.90 Å². The molecule has 0 unspecified atom stereocenters. The topological polar surface area (TPSA) is 52.9 Å². The molecule has 0 aromatic rings. The van der Waals surface area contributed by atoms with Gasteiger partial charge in [-0.1, -0.05) is 20.8 Å². The van der Waals surface area contributed by atoms with E-state index in [4.69, 9.17) is 4.43 Å². The first-order chi connectivity index (χ1) is 10.7. The lowest BCUT2D eigenvalue weighted by molar-refractivity contribution is 0.0659. The second-order valence-electron chi connectivity index (χ2n) is 8.62. The molecule has 0 atom stereocenters. The molecule has 1 aliphatic heterocycles. The Morgan fingerprint density at radius 1 is 1.09 bits per heavy atom. The van der Waals surface area contributed by atoms with Crippen LogP contribution in [-0.4, -0.2) is 62.9 Å². The molecule has 1 rings (SSSR count). The summed E-state index contributed by atoms with van der Waals surface area (Å²) in [5.41, 5.74) is 0. The molecule has 1 heterocycles. The smallest absolute Gasteiger partial charge is 0.191 e. The van der Waals surface area contributed by atoms with Crippen molar-refractivity contribution < 1.29 is 14.6 Å². The summed E-state index contributed by atoms with van der Waals surface area (Å²) in [6.45, 7) is 16.0. The number of unbranched alkanes of at least 4 members (excludes halogenated alkanes) is 1. The highest BCUT2D eigenvalue weighted by molar-refractivity contribution is 6.74. The number of piperidine rings is 1. The van der Waals surface area contributed by atoms with Crippen LogP contribution in [0.3, 0.4) is 0 Å². The minimum absolute atomic E-state index is 0.0788. The SMILES string of the molecule is CC(C)(C)[Si](C)(C)OCCCCN1CCC(C(CO)CO)CC1. The van der Waals surface area contributed by atoms with E-state index in [0.29, 0.717) is 11.0 Å². The standard InChI is InChI=1S/C18H39NO3Si/c1-18(2,3)23(4,5)22-13-7-6-10-19-11-8-16(9-12-19)17(14-20)15-21/h16-17,20-21H,6-15H2,1-5H3. The van der Waals surface area contributed by atoms with Gasteiger partial charge in [0.15, 0.2) is 8.32 Å². The summed E-state index contributed by atoms with van der Waals surface area (Å²) in [6, 6.07) is 0. The highest BCUT2D eigenvalue weighted by Gasteiger charge is 2.36. The van der Waals surface area contributed by atoms with E-state index in [-0.39, 0.29) is 19.1 Å². The van der Waals surface area contributed by atoms with Crippen LogP contribution in [0.25, 0.3) is 0 Å². The molecule has 138 valence electrons. The second-order valence-corrected chi connectivity index (χ2v) is 13.4. The summed E-state index contributed by atoms with van der Waals surface area (Å²) < 4.78 is 6.23. The average Bonchev–Trinajstić information content (AvgIpc) is 2.48. The molecule has 5 heteroatoms. The van der Waals surface area contributed by atoms with Crippen molar-refractivity contribution in [3.8, 4) is 0 Å². The molecule has 0 aromatic carbocycles. The maximum Gasteiger partial charge on any atom is 0.191 e. The molecule has 0 radical (unpaired) electrons. The minimum Gasteiger partial charge on any atom is -0.417 e. The summed E-state index contributed by atoms with van der Waals surface area (Å²) in [4.78, 5) is 2.52. The van der Waals surface area contributed by atoms with Crippen molar-refractivity contribution in [3.05, 3.63) is 0 Å². The van der Waals surface area contributed by atoms with Gasteiger partial charge in [0.25, 0.3) is 0 Å². The Morgan fingerprint density at radius 2 is 1.65 bits per heavy atom. The van der Waals surface area contributed by atoms with Gasteiger partial charge in [-0.2, -0.15) is 0 Å². The van der Waals surface area contributed by atoms with Crippen LogP contribution in [0.1, 0.15) is 46.5 Å². The third-order valence-electron chi connectivity index (χ3n) is 5.91. The number of aliphatic hydroxyl groups is 2. The quantitative estimate of drug-likeness (QED) is 0.498. The number of hydrogen-bond donors (Lipinski definition) is 2. The number of likely N-dealkylation sites (tertiary alicyclic amines) is 1. The second kappa shape index (κ2) is 9.52. The Labute approximate surface area is 144 Å². The third-order valence-corrected chi connectivity index (χ3v) is 10.4. The van der Waals surface area contributed by atoms with Crippen molar-refractivity contribution in [3.63, 3.8) is 0 Å². The fourth-order valence-corrected chi connectivity index (χ4v) is 4.07. The van der Waals surface area contributed by atoms with Crippen molar-refractivity contribution in [2.75, 3.05) is 39.5 Å². The largest absolute Gasteiger partial charge is 0.417 e. The van der Waals surface area contributed by atoms with E-state index in [2.05, 4.69) is 38.8 Å². The Morgan fingerprint density at radius 3 is 2.13 bits per heavy atom. The predicted octanol–water partition coefficient (Wildman–Crippen LogP) is 3.10. The van der Waals surface area contributed by atoms with E-state index in [1.165, 1.54) is 6.42 Å². The molecular formula is C18H39NO3Si. The number of hydrogen-bond acceptors (Lipinski definition) is 4. The molecule has 1 aliphatic rings. The van der Waals surface area contributed by atoms with Crippen LogP contribution in [-0.2, 0) is 4.43 Å². The van der Waals surface area contributed by atoms with E-state index in [0.717, 1.165) is 45.5 Å². The van der Waals surface area contributed by atoms with Gasteiger partial charge in [0.2, 0.25) is 0 Å². The lowest BCUT2D eigenvalue weighted by Gasteiger charge is -2.36. The average molecular weight is 346 g/mol. The van der Waals surface area contributed by atoms with Crippen LogP contribution in [0.15, 0.2) is 0 Å².